The molecule has 0 saturated heterocycles. The zero-order valence-corrected chi connectivity index (χ0v) is 8.08. The van der Waals surface area contributed by atoms with Crippen LogP contribution in [0.1, 0.15) is 21.5 Å². The Morgan fingerprint density at radius 1 is 1.64 bits per heavy atom. The highest BCUT2D eigenvalue weighted by molar-refractivity contribution is 7.80. The minimum atomic E-state index is -1.13. The molecule has 0 atom stereocenters. The summed E-state index contributed by atoms with van der Waals surface area (Å²) in [4.78, 5) is 11.3. The Balaban J connectivity index is 3.50. The average Bonchev–Trinajstić information content (AvgIpc) is 2.16. The van der Waals surface area contributed by atoms with Crippen molar-refractivity contribution in [1.82, 2.24) is 0 Å². The van der Waals surface area contributed by atoms with Crippen molar-refractivity contribution in [2.75, 3.05) is 0 Å². The molecule has 0 saturated carbocycles. The molecule has 0 aromatic heterocycles. The number of thiol groups is 1. The zero-order chi connectivity index (χ0) is 10.7. The quantitative estimate of drug-likeness (QED) is 0.633. The van der Waals surface area contributed by atoms with Crippen molar-refractivity contribution in [2.45, 2.75) is 11.4 Å². The Labute approximate surface area is 86.4 Å². The lowest BCUT2D eigenvalue weighted by atomic mass is 10.0. The van der Waals surface area contributed by atoms with E-state index < -0.39 is 5.97 Å². The lowest BCUT2D eigenvalue weighted by molar-refractivity contribution is 0.0696. The molecule has 0 unspecified atom stereocenters. The van der Waals surface area contributed by atoms with Gasteiger partial charge in [-0.05, 0) is 17.7 Å². The van der Waals surface area contributed by atoms with Gasteiger partial charge in [-0.25, -0.2) is 4.79 Å². The van der Waals surface area contributed by atoms with Gasteiger partial charge in [0.05, 0.1) is 11.1 Å². The Morgan fingerprint density at radius 3 is 2.71 bits per heavy atom. The highest BCUT2D eigenvalue weighted by atomic mass is 32.1. The van der Waals surface area contributed by atoms with Gasteiger partial charge in [0, 0.05) is 11.4 Å². The standard InChI is InChI=1S/C9H8N2O2S/c10-3-6-5(9(12)13)1-2-8(14)7(6)4-11/h1-2,14H,4,11H2,(H,12,13). The summed E-state index contributed by atoms with van der Waals surface area (Å²) in [7, 11) is 0. The molecule has 14 heavy (non-hydrogen) atoms. The molecule has 0 spiro atoms. The van der Waals surface area contributed by atoms with Gasteiger partial charge in [-0.1, -0.05) is 0 Å². The third kappa shape index (κ3) is 1.71. The van der Waals surface area contributed by atoms with E-state index in [9.17, 15) is 4.79 Å². The smallest absolute Gasteiger partial charge is 0.337 e. The van der Waals surface area contributed by atoms with Gasteiger partial charge in [-0.3, -0.25) is 0 Å². The maximum absolute atomic E-state index is 10.7. The fourth-order valence-corrected chi connectivity index (χ4v) is 1.43. The number of hydrogen-bond donors (Lipinski definition) is 3. The third-order valence-corrected chi connectivity index (χ3v) is 2.25. The van der Waals surface area contributed by atoms with E-state index in [1.807, 2.05) is 6.07 Å². The van der Waals surface area contributed by atoms with E-state index >= 15 is 0 Å². The van der Waals surface area contributed by atoms with Crippen molar-refractivity contribution in [3.05, 3.63) is 28.8 Å². The molecule has 3 N–H and O–H groups in total. The minimum Gasteiger partial charge on any atom is -0.478 e. The summed E-state index contributed by atoms with van der Waals surface area (Å²) in [5.41, 5.74) is 5.93. The van der Waals surface area contributed by atoms with E-state index in [4.69, 9.17) is 16.1 Å². The Morgan fingerprint density at radius 2 is 2.29 bits per heavy atom. The van der Waals surface area contributed by atoms with Gasteiger partial charge >= 0.3 is 5.97 Å². The summed E-state index contributed by atoms with van der Waals surface area (Å²) in [6.45, 7) is 0.100. The van der Waals surface area contributed by atoms with Gasteiger partial charge in [0.2, 0.25) is 0 Å². The first-order chi connectivity index (χ1) is 6.61. The number of benzene rings is 1. The first-order valence-corrected chi connectivity index (χ1v) is 4.24. The Kier molecular flexibility index (Phi) is 3.12. The maximum atomic E-state index is 10.7. The van der Waals surface area contributed by atoms with Gasteiger partial charge in [-0.2, -0.15) is 5.26 Å². The van der Waals surface area contributed by atoms with Crippen molar-refractivity contribution in [1.29, 1.82) is 5.26 Å². The second kappa shape index (κ2) is 4.13. The van der Waals surface area contributed by atoms with Crippen LogP contribution in [-0.4, -0.2) is 11.1 Å². The highest BCUT2D eigenvalue weighted by Crippen LogP contribution is 2.21. The summed E-state index contributed by atoms with van der Waals surface area (Å²) in [6.07, 6.45) is 0. The van der Waals surface area contributed by atoms with Gasteiger partial charge in [0.15, 0.2) is 0 Å². The van der Waals surface area contributed by atoms with Crippen molar-refractivity contribution >= 4 is 18.6 Å². The molecular formula is C9H8N2O2S. The number of carbonyl (C=O) groups is 1. The molecule has 0 heterocycles. The third-order valence-electron chi connectivity index (χ3n) is 1.83. The van der Waals surface area contributed by atoms with E-state index in [0.717, 1.165) is 0 Å². The lowest BCUT2D eigenvalue weighted by Gasteiger charge is -2.06. The predicted molar refractivity (Wildman–Crippen MR) is 53.3 cm³/mol. The number of nitrogens with two attached hydrogens (primary N) is 1. The lowest BCUT2D eigenvalue weighted by Crippen LogP contribution is -2.07. The fraction of sp³-hybridized carbons (Fsp3) is 0.111. The number of carboxylic acids is 1. The molecule has 1 aromatic rings. The molecule has 0 aliphatic carbocycles. The molecule has 0 radical (unpaired) electrons. The van der Waals surface area contributed by atoms with Crippen LogP contribution in [0.25, 0.3) is 0 Å². The number of hydrogen-bond acceptors (Lipinski definition) is 4. The van der Waals surface area contributed by atoms with E-state index in [-0.39, 0.29) is 17.7 Å². The summed E-state index contributed by atoms with van der Waals surface area (Å²) in [5.74, 6) is -1.13. The number of carboxylic acid groups (broad SMARTS) is 1. The number of nitriles is 1. The normalized spacial score (nSPS) is 9.50. The molecule has 1 aromatic carbocycles. The largest absolute Gasteiger partial charge is 0.478 e. The maximum Gasteiger partial charge on any atom is 0.337 e. The van der Waals surface area contributed by atoms with Crippen LogP contribution in [0.15, 0.2) is 17.0 Å². The monoisotopic (exact) mass is 208 g/mol. The van der Waals surface area contributed by atoms with E-state index in [1.165, 1.54) is 12.1 Å². The molecule has 0 aliphatic rings. The van der Waals surface area contributed by atoms with Crippen molar-refractivity contribution in [2.24, 2.45) is 5.73 Å². The molecule has 0 bridgehead atoms. The number of nitrogens with zero attached hydrogens (tertiary/aromatic N) is 1. The van der Waals surface area contributed by atoms with Crippen LogP contribution in [-0.2, 0) is 6.54 Å². The van der Waals surface area contributed by atoms with Crippen LogP contribution in [0.3, 0.4) is 0 Å². The van der Waals surface area contributed by atoms with Crippen molar-refractivity contribution < 1.29 is 9.90 Å². The predicted octanol–water partition coefficient (Wildman–Crippen LogP) is 1.00. The first kappa shape index (κ1) is 10.6. The first-order valence-electron chi connectivity index (χ1n) is 3.80. The molecule has 5 heteroatoms. The topological polar surface area (TPSA) is 87.1 Å². The van der Waals surface area contributed by atoms with Gasteiger partial charge < -0.3 is 10.8 Å². The van der Waals surface area contributed by atoms with Gasteiger partial charge in [-0.15, -0.1) is 12.6 Å². The molecule has 0 aliphatic heterocycles. The molecule has 72 valence electrons. The Bertz CT molecular complexity index is 424. The molecule has 4 nitrogen and oxygen atoms in total. The highest BCUT2D eigenvalue weighted by Gasteiger charge is 2.14. The van der Waals surface area contributed by atoms with Crippen LogP contribution in [0.5, 0.6) is 0 Å². The second-order valence-electron chi connectivity index (χ2n) is 2.61. The van der Waals surface area contributed by atoms with Crippen LogP contribution < -0.4 is 5.73 Å². The molecule has 0 amide bonds. The van der Waals surface area contributed by atoms with Crippen molar-refractivity contribution in [3.8, 4) is 6.07 Å². The van der Waals surface area contributed by atoms with E-state index in [1.54, 1.807) is 0 Å². The number of aromatic carboxylic acids is 1. The second-order valence-corrected chi connectivity index (χ2v) is 3.09. The summed E-state index contributed by atoms with van der Waals surface area (Å²) in [6, 6.07) is 4.70. The zero-order valence-electron chi connectivity index (χ0n) is 7.19. The molecule has 0 fully saturated rings. The van der Waals surface area contributed by atoms with Gasteiger partial charge in [0.25, 0.3) is 0 Å². The molecular weight excluding hydrogens is 200 g/mol. The fourth-order valence-electron chi connectivity index (χ4n) is 1.15. The minimum absolute atomic E-state index is 0.0363. The van der Waals surface area contributed by atoms with Crippen LogP contribution in [0, 0.1) is 11.3 Å². The van der Waals surface area contributed by atoms with E-state index in [0.29, 0.717) is 10.5 Å². The van der Waals surface area contributed by atoms with Crippen LogP contribution >= 0.6 is 12.6 Å². The van der Waals surface area contributed by atoms with Crippen molar-refractivity contribution in [3.63, 3.8) is 0 Å². The SMILES string of the molecule is N#Cc1c(C(=O)O)ccc(S)c1CN. The summed E-state index contributed by atoms with van der Waals surface area (Å²) >= 11 is 4.09. The molecule has 1 rings (SSSR count). The van der Waals surface area contributed by atoms with Gasteiger partial charge in [0.1, 0.15) is 6.07 Å². The summed E-state index contributed by atoms with van der Waals surface area (Å²) in [5, 5.41) is 17.6. The summed E-state index contributed by atoms with van der Waals surface area (Å²) < 4.78 is 0. The van der Waals surface area contributed by atoms with E-state index in [2.05, 4.69) is 12.6 Å². The van der Waals surface area contributed by atoms with Crippen LogP contribution in [0.2, 0.25) is 0 Å². The average molecular weight is 208 g/mol. The van der Waals surface area contributed by atoms with Crippen LogP contribution in [0.4, 0.5) is 0 Å². The Hall–Kier alpha value is -1.51. The number of rotatable bonds is 2.